The molecule has 0 radical (unpaired) electrons. The fourth-order valence-corrected chi connectivity index (χ4v) is 5.19. The van der Waals surface area contributed by atoms with E-state index < -0.39 is 16.8 Å². The number of non-ortho nitro benzene ring substituents is 1. The van der Waals surface area contributed by atoms with Gasteiger partial charge < -0.3 is 24.3 Å². The number of hydrogen-bond donors (Lipinski definition) is 1. The molecule has 0 bridgehead atoms. The number of allylic oxidation sites excluding steroid dienone is 3. The lowest BCUT2D eigenvalue weighted by molar-refractivity contribution is -0.384. The Morgan fingerprint density at radius 2 is 1.72 bits per heavy atom. The fraction of sp³-hybridized carbons (Fsp3) is 0.379. The molecule has 0 saturated heterocycles. The van der Waals surface area contributed by atoms with Gasteiger partial charge in [0.05, 0.1) is 31.3 Å². The van der Waals surface area contributed by atoms with Crippen molar-refractivity contribution in [2.75, 3.05) is 34.0 Å². The van der Waals surface area contributed by atoms with Gasteiger partial charge in [-0.3, -0.25) is 14.9 Å². The summed E-state index contributed by atoms with van der Waals surface area (Å²) in [6.45, 7) is 4.44. The Labute approximate surface area is 226 Å². The van der Waals surface area contributed by atoms with Gasteiger partial charge >= 0.3 is 5.97 Å². The molecular formula is C29H32N2O8. The summed E-state index contributed by atoms with van der Waals surface area (Å²) >= 11 is 0. The Hall–Kier alpha value is -4.18. The molecule has 206 valence electrons. The van der Waals surface area contributed by atoms with E-state index in [9.17, 15) is 19.7 Å². The van der Waals surface area contributed by atoms with Gasteiger partial charge in [-0.25, -0.2) is 4.79 Å². The molecule has 1 aliphatic carbocycles. The lowest BCUT2D eigenvalue weighted by atomic mass is 9.71. The van der Waals surface area contributed by atoms with Crippen LogP contribution in [0.3, 0.4) is 0 Å². The molecule has 0 amide bonds. The standard InChI is InChI=1S/C29H32N2O8/c1-5-38-12-13-39-29(33)26-17(2)30-22-14-20(19-8-11-24(36-3)25(16-19)37-4)15-23(32)28(22)27(26)18-6-9-21(10-7-18)31(34)35/h6-11,16,20,27,30H,5,12-15H2,1-4H3/t20-,27-/m1/s1. The van der Waals surface area contributed by atoms with Gasteiger partial charge in [-0.2, -0.15) is 0 Å². The topological polar surface area (TPSA) is 126 Å². The van der Waals surface area contributed by atoms with Crippen LogP contribution in [-0.2, 0) is 19.1 Å². The minimum Gasteiger partial charge on any atom is -0.493 e. The molecule has 39 heavy (non-hydrogen) atoms. The van der Waals surface area contributed by atoms with E-state index in [1.165, 1.54) is 12.1 Å². The van der Waals surface area contributed by atoms with Crippen LogP contribution in [0, 0.1) is 10.1 Å². The predicted octanol–water partition coefficient (Wildman–Crippen LogP) is 4.55. The first-order chi connectivity index (χ1) is 18.8. The number of nitrogens with zero attached hydrogens (tertiary/aromatic N) is 1. The molecule has 0 aromatic heterocycles. The van der Waals surface area contributed by atoms with Crippen LogP contribution in [0.15, 0.2) is 65.0 Å². The van der Waals surface area contributed by atoms with E-state index in [1.807, 2.05) is 25.1 Å². The molecule has 2 aromatic rings. The summed E-state index contributed by atoms with van der Waals surface area (Å²) in [6.07, 6.45) is 0.759. The zero-order chi connectivity index (χ0) is 28.1. The van der Waals surface area contributed by atoms with Crippen LogP contribution in [0.5, 0.6) is 11.5 Å². The van der Waals surface area contributed by atoms with Crippen LogP contribution in [0.1, 0.15) is 49.7 Å². The van der Waals surface area contributed by atoms with Gasteiger partial charge in [0.15, 0.2) is 17.3 Å². The van der Waals surface area contributed by atoms with Crippen LogP contribution >= 0.6 is 0 Å². The number of esters is 1. The third-order valence-electron chi connectivity index (χ3n) is 7.03. The first kappa shape index (κ1) is 27.8. The fourth-order valence-electron chi connectivity index (χ4n) is 5.19. The number of nitro benzene ring substituents is 1. The quantitative estimate of drug-likeness (QED) is 0.201. The summed E-state index contributed by atoms with van der Waals surface area (Å²) in [4.78, 5) is 37.8. The number of ether oxygens (including phenoxy) is 4. The summed E-state index contributed by atoms with van der Waals surface area (Å²) in [7, 11) is 3.13. The van der Waals surface area contributed by atoms with E-state index in [0.717, 1.165) is 11.3 Å². The average molecular weight is 537 g/mol. The number of carbonyl (C=O) groups excluding carboxylic acids is 2. The van der Waals surface area contributed by atoms with Gasteiger partial charge in [0.1, 0.15) is 6.61 Å². The number of benzene rings is 2. The minimum atomic E-state index is -0.722. The molecule has 2 aliphatic rings. The number of dihydropyridines is 1. The number of rotatable bonds is 10. The van der Waals surface area contributed by atoms with Crippen molar-refractivity contribution >= 4 is 17.4 Å². The van der Waals surface area contributed by atoms with E-state index in [0.29, 0.717) is 46.9 Å². The zero-order valence-electron chi connectivity index (χ0n) is 22.4. The molecule has 10 nitrogen and oxygen atoms in total. The number of methoxy groups -OCH3 is 2. The van der Waals surface area contributed by atoms with Crippen LogP contribution in [0.4, 0.5) is 5.69 Å². The van der Waals surface area contributed by atoms with Gasteiger partial charge in [-0.15, -0.1) is 0 Å². The highest BCUT2D eigenvalue weighted by Crippen LogP contribution is 2.46. The largest absolute Gasteiger partial charge is 0.493 e. The first-order valence-corrected chi connectivity index (χ1v) is 12.7. The highest BCUT2D eigenvalue weighted by molar-refractivity contribution is 6.04. The van der Waals surface area contributed by atoms with E-state index in [4.69, 9.17) is 18.9 Å². The highest BCUT2D eigenvalue weighted by atomic mass is 16.6. The zero-order valence-corrected chi connectivity index (χ0v) is 22.4. The third kappa shape index (κ3) is 5.80. The molecule has 1 N–H and O–H groups in total. The molecule has 0 saturated carbocycles. The second kappa shape index (κ2) is 12.1. The van der Waals surface area contributed by atoms with Crippen molar-refractivity contribution in [1.29, 1.82) is 0 Å². The smallest absolute Gasteiger partial charge is 0.336 e. The van der Waals surface area contributed by atoms with Gasteiger partial charge in [-0.1, -0.05) is 18.2 Å². The van der Waals surface area contributed by atoms with E-state index >= 15 is 0 Å². The summed E-state index contributed by atoms with van der Waals surface area (Å²) in [6, 6.07) is 11.6. The lowest BCUT2D eigenvalue weighted by Crippen LogP contribution is -2.36. The molecule has 0 fully saturated rings. The monoisotopic (exact) mass is 536 g/mol. The molecule has 1 aliphatic heterocycles. The van der Waals surface area contributed by atoms with Crippen molar-refractivity contribution in [3.63, 3.8) is 0 Å². The summed E-state index contributed by atoms with van der Waals surface area (Å²) in [5, 5.41) is 14.5. The van der Waals surface area contributed by atoms with E-state index in [1.54, 1.807) is 33.3 Å². The maximum atomic E-state index is 13.8. The maximum Gasteiger partial charge on any atom is 0.336 e. The molecule has 0 spiro atoms. The normalized spacial score (nSPS) is 18.8. The molecule has 0 unspecified atom stereocenters. The highest BCUT2D eigenvalue weighted by Gasteiger charge is 2.41. The van der Waals surface area contributed by atoms with Crippen molar-refractivity contribution in [1.82, 2.24) is 5.32 Å². The molecular weight excluding hydrogens is 504 g/mol. The number of hydrogen-bond acceptors (Lipinski definition) is 9. The van der Waals surface area contributed by atoms with Crippen LogP contribution in [-0.4, -0.2) is 50.7 Å². The van der Waals surface area contributed by atoms with Crippen LogP contribution < -0.4 is 14.8 Å². The molecule has 10 heteroatoms. The SMILES string of the molecule is CCOCCOC(=O)C1=C(C)NC2=C(C(=O)C[C@H](c3ccc(OC)c(OC)c3)C2)[C@@H]1c1ccc([N+](=O)[O-])cc1. The number of nitro groups is 1. The third-order valence-corrected chi connectivity index (χ3v) is 7.03. The molecule has 1 heterocycles. The van der Waals surface area contributed by atoms with Gasteiger partial charge in [0.2, 0.25) is 0 Å². The van der Waals surface area contributed by atoms with Gasteiger partial charge in [0.25, 0.3) is 5.69 Å². The number of carbonyl (C=O) groups is 2. The number of ketones is 1. The van der Waals surface area contributed by atoms with Crippen molar-refractivity contribution in [2.45, 2.75) is 38.5 Å². The second-order valence-corrected chi connectivity index (χ2v) is 9.31. The minimum absolute atomic E-state index is 0.0671. The predicted molar refractivity (Wildman–Crippen MR) is 143 cm³/mol. The summed E-state index contributed by atoms with van der Waals surface area (Å²) in [5.74, 6) is -0.336. The second-order valence-electron chi connectivity index (χ2n) is 9.31. The van der Waals surface area contributed by atoms with Crippen LogP contribution in [0.25, 0.3) is 0 Å². The Kier molecular flexibility index (Phi) is 8.65. The Morgan fingerprint density at radius 1 is 1.03 bits per heavy atom. The van der Waals surface area contributed by atoms with Crippen molar-refractivity contribution in [3.05, 3.63) is 86.2 Å². The van der Waals surface area contributed by atoms with Crippen molar-refractivity contribution in [2.24, 2.45) is 0 Å². The molecule has 2 atom stereocenters. The molecule has 2 aromatic carbocycles. The van der Waals surface area contributed by atoms with Gasteiger partial charge in [0, 0.05) is 48.0 Å². The Bertz CT molecular complexity index is 1330. The Balaban J connectivity index is 1.72. The average Bonchev–Trinajstić information content (AvgIpc) is 2.94. The maximum absolute atomic E-state index is 13.8. The van der Waals surface area contributed by atoms with E-state index in [2.05, 4.69) is 5.32 Å². The molecule has 4 rings (SSSR count). The van der Waals surface area contributed by atoms with Crippen molar-refractivity contribution in [3.8, 4) is 11.5 Å². The summed E-state index contributed by atoms with van der Waals surface area (Å²) < 4.78 is 21.6. The summed E-state index contributed by atoms with van der Waals surface area (Å²) in [5.41, 5.74) is 3.52. The Morgan fingerprint density at radius 3 is 2.36 bits per heavy atom. The van der Waals surface area contributed by atoms with Gasteiger partial charge in [-0.05, 0) is 49.4 Å². The number of Topliss-reactive ketones (excluding diaryl/α,β-unsaturated/α-hetero) is 1. The lowest BCUT2D eigenvalue weighted by Gasteiger charge is -2.36. The van der Waals surface area contributed by atoms with Crippen LogP contribution in [0.2, 0.25) is 0 Å². The number of nitrogens with one attached hydrogen (secondary N) is 1. The van der Waals surface area contributed by atoms with Crippen molar-refractivity contribution < 1.29 is 33.5 Å². The van der Waals surface area contributed by atoms with E-state index in [-0.39, 0.29) is 37.0 Å². The first-order valence-electron chi connectivity index (χ1n) is 12.7.